The van der Waals surface area contributed by atoms with Crippen molar-refractivity contribution in [3.8, 4) is 5.82 Å². The summed E-state index contributed by atoms with van der Waals surface area (Å²) in [5, 5.41) is 7.44. The standard InChI is InChI=1S/C18H17ClFN5O2/c1-3-27-17(26)13-9-21-25(10-13)16-8-15(19)23-18(24-16)22-11(2)12-4-6-14(20)7-5-12/h4-11H,3H2,1-2H3,(H,22,23,24)/t11-/m0/s1. The maximum Gasteiger partial charge on any atom is 0.341 e. The van der Waals surface area contributed by atoms with Crippen LogP contribution in [0.5, 0.6) is 0 Å². The van der Waals surface area contributed by atoms with Gasteiger partial charge in [-0.15, -0.1) is 0 Å². The van der Waals surface area contributed by atoms with Gasteiger partial charge in [0.05, 0.1) is 24.4 Å². The topological polar surface area (TPSA) is 81.9 Å². The van der Waals surface area contributed by atoms with Gasteiger partial charge in [-0.2, -0.15) is 10.1 Å². The van der Waals surface area contributed by atoms with Gasteiger partial charge in [0.2, 0.25) is 5.95 Å². The van der Waals surface area contributed by atoms with E-state index in [4.69, 9.17) is 16.3 Å². The summed E-state index contributed by atoms with van der Waals surface area (Å²) in [6, 6.07) is 7.48. The quantitative estimate of drug-likeness (QED) is 0.510. The van der Waals surface area contributed by atoms with Crippen LogP contribution < -0.4 is 5.32 Å². The van der Waals surface area contributed by atoms with Crippen molar-refractivity contribution >= 4 is 23.5 Å². The molecule has 3 aromatic rings. The number of carbonyl (C=O) groups excluding carboxylic acids is 1. The highest BCUT2D eigenvalue weighted by Crippen LogP contribution is 2.20. The lowest BCUT2D eigenvalue weighted by Gasteiger charge is -2.15. The Morgan fingerprint density at radius 2 is 2.07 bits per heavy atom. The fourth-order valence-electron chi connectivity index (χ4n) is 2.38. The molecule has 2 aromatic heterocycles. The minimum Gasteiger partial charge on any atom is -0.462 e. The fourth-order valence-corrected chi connectivity index (χ4v) is 2.56. The molecule has 0 radical (unpaired) electrons. The first-order valence-corrected chi connectivity index (χ1v) is 8.63. The highest BCUT2D eigenvalue weighted by molar-refractivity contribution is 6.29. The maximum absolute atomic E-state index is 13.1. The molecule has 3 rings (SSSR count). The third-order valence-electron chi connectivity index (χ3n) is 3.73. The highest BCUT2D eigenvalue weighted by Gasteiger charge is 2.13. The van der Waals surface area contributed by atoms with Gasteiger partial charge in [0, 0.05) is 12.3 Å². The van der Waals surface area contributed by atoms with Gasteiger partial charge in [-0.3, -0.25) is 0 Å². The minimum atomic E-state index is -0.466. The second-order valence-electron chi connectivity index (χ2n) is 5.68. The molecule has 140 valence electrons. The summed E-state index contributed by atoms with van der Waals surface area (Å²) in [4.78, 5) is 20.3. The van der Waals surface area contributed by atoms with Crippen molar-refractivity contribution in [2.45, 2.75) is 19.9 Å². The normalized spacial score (nSPS) is 11.9. The number of halogens is 2. The molecule has 0 fully saturated rings. The van der Waals surface area contributed by atoms with Crippen molar-refractivity contribution in [2.24, 2.45) is 0 Å². The molecular formula is C18H17ClFN5O2. The summed E-state index contributed by atoms with van der Waals surface area (Å²) in [6.07, 6.45) is 2.89. The number of nitrogens with one attached hydrogen (secondary N) is 1. The number of benzene rings is 1. The van der Waals surface area contributed by atoms with E-state index in [1.807, 2.05) is 6.92 Å². The summed E-state index contributed by atoms with van der Waals surface area (Å²) in [5.41, 5.74) is 1.17. The van der Waals surface area contributed by atoms with Crippen molar-refractivity contribution in [3.05, 3.63) is 64.8 Å². The average Bonchev–Trinajstić information content (AvgIpc) is 3.12. The van der Waals surface area contributed by atoms with Crippen molar-refractivity contribution in [1.29, 1.82) is 0 Å². The molecule has 0 saturated heterocycles. The number of esters is 1. The van der Waals surface area contributed by atoms with Crippen LogP contribution in [0.3, 0.4) is 0 Å². The van der Waals surface area contributed by atoms with E-state index in [1.165, 1.54) is 35.3 Å². The van der Waals surface area contributed by atoms with E-state index in [9.17, 15) is 9.18 Å². The van der Waals surface area contributed by atoms with Gasteiger partial charge in [0.25, 0.3) is 0 Å². The minimum absolute atomic E-state index is 0.176. The van der Waals surface area contributed by atoms with Crippen LogP contribution in [0.2, 0.25) is 5.15 Å². The molecule has 0 aliphatic heterocycles. The summed E-state index contributed by atoms with van der Waals surface area (Å²) in [7, 11) is 0. The van der Waals surface area contributed by atoms with Crippen LogP contribution in [0.1, 0.15) is 35.8 Å². The van der Waals surface area contributed by atoms with E-state index < -0.39 is 5.97 Å². The predicted octanol–water partition coefficient (Wildman–Crippen LogP) is 3.80. The molecule has 7 nitrogen and oxygen atoms in total. The van der Waals surface area contributed by atoms with Gasteiger partial charge in [0.15, 0.2) is 5.82 Å². The molecule has 1 aromatic carbocycles. The Morgan fingerprint density at radius 1 is 1.33 bits per heavy atom. The third kappa shape index (κ3) is 4.59. The van der Waals surface area contributed by atoms with Crippen molar-refractivity contribution in [2.75, 3.05) is 11.9 Å². The number of aromatic nitrogens is 4. The van der Waals surface area contributed by atoms with Crippen LogP contribution in [0.25, 0.3) is 5.82 Å². The van der Waals surface area contributed by atoms with Crippen LogP contribution in [-0.2, 0) is 4.74 Å². The van der Waals surface area contributed by atoms with E-state index in [0.717, 1.165) is 5.56 Å². The first-order valence-electron chi connectivity index (χ1n) is 8.25. The SMILES string of the molecule is CCOC(=O)c1cnn(-c2cc(Cl)nc(N[C@@H](C)c3ccc(F)cc3)n2)c1. The fraction of sp³-hybridized carbons (Fsp3) is 0.222. The highest BCUT2D eigenvalue weighted by atomic mass is 35.5. The van der Waals surface area contributed by atoms with Gasteiger partial charge in [0.1, 0.15) is 11.0 Å². The molecule has 0 amide bonds. The molecule has 0 unspecified atom stereocenters. The van der Waals surface area contributed by atoms with Crippen LogP contribution >= 0.6 is 11.6 Å². The van der Waals surface area contributed by atoms with Crippen molar-refractivity contribution in [3.63, 3.8) is 0 Å². The summed E-state index contributed by atoms with van der Waals surface area (Å²) in [6.45, 7) is 3.90. The first-order chi connectivity index (χ1) is 13.0. The summed E-state index contributed by atoms with van der Waals surface area (Å²) in [5.74, 6) is -0.0997. The van der Waals surface area contributed by atoms with E-state index in [-0.39, 0.29) is 29.6 Å². The lowest BCUT2D eigenvalue weighted by molar-refractivity contribution is 0.0526. The lowest BCUT2D eigenvalue weighted by Crippen LogP contribution is -2.11. The monoisotopic (exact) mass is 389 g/mol. The number of hydrogen-bond acceptors (Lipinski definition) is 6. The molecule has 0 aliphatic carbocycles. The summed E-state index contributed by atoms with van der Waals surface area (Å²) < 4.78 is 19.4. The maximum atomic E-state index is 13.1. The van der Waals surface area contributed by atoms with Gasteiger partial charge in [-0.25, -0.2) is 18.9 Å². The Labute approximate surface area is 160 Å². The molecule has 2 heterocycles. The van der Waals surface area contributed by atoms with Crippen LogP contribution in [0.15, 0.2) is 42.7 Å². The molecule has 27 heavy (non-hydrogen) atoms. The lowest BCUT2D eigenvalue weighted by atomic mass is 10.1. The molecule has 0 spiro atoms. The Bertz CT molecular complexity index is 945. The zero-order valence-electron chi connectivity index (χ0n) is 14.7. The van der Waals surface area contributed by atoms with Crippen molar-refractivity contribution < 1.29 is 13.9 Å². The molecule has 9 heteroatoms. The zero-order chi connectivity index (χ0) is 19.4. The number of anilines is 1. The van der Waals surface area contributed by atoms with Crippen LogP contribution in [0, 0.1) is 5.82 Å². The van der Waals surface area contributed by atoms with E-state index in [0.29, 0.717) is 11.4 Å². The Hall–Kier alpha value is -3.00. The first kappa shape index (κ1) is 18.8. The van der Waals surface area contributed by atoms with Gasteiger partial charge in [-0.05, 0) is 31.5 Å². The molecule has 1 atom stereocenters. The second kappa shape index (κ2) is 8.13. The average molecular weight is 390 g/mol. The molecule has 1 N–H and O–H groups in total. The third-order valence-corrected chi connectivity index (χ3v) is 3.92. The smallest absolute Gasteiger partial charge is 0.341 e. The number of rotatable bonds is 6. The Morgan fingerprint density at radius 3 is 2.78 bits per heavy atom. The molecule has 0 bridgehead atoms. The van der Waals surface area contributed by atoms with Gasteiger partial charge < -0.3 is 10.1 Å². The number of hydrogen-bond donors (Lipinski definition) is 1. The molecular weight excluding hydrogens is 373 g/mol. The van der Waals surface area contributed by atoms with Crippen molar-refractivity contribution in [1.82, 2.24) is 19.7 Å². The van der Waals surface area contributed by atoms with Gasteiger partial charge >= 0.3 is 5.97 Å². The Kier molecular flexibility index (Phi) is 5.66. The molecule has 0 aliphatic rings. The number of nitrogens with zero attached hydrogens (tertiary/aromatic N) is 4. The second-order valence-corrected chi connectivity index (χ2v) is 6.07. The van der Waals surface area contributed by atoms with Gasteiger partial charge in [-0.1, -0.05) is 23.7 Å². The predicted molar refractivity (Wildman–Crippen MR) is 98.6 cm³/mol. The van der Waals surface area contributed by atoms with Crippen LogP contribution in [0.4, 0.5) is 10.3 Å². The van der Waals surface area contributed by atoms with E-state index in [2.05, 4.69) is 20.4 Å². The largest absolute Gasteiger partial charge is 0.462 e. The van der Waals surface area contributed by atoms with E-state index in [1.54, 1.807) is 19.1 Å². The number of carbonyl (C=O) groups is 1. The summed E-state index contributed by atoms with van der Waals surface area (Å²) >= 11 is 6.10. The van der Waals surface area contributed by atoms with Crippen LogP contribution in [-0.4, -0.2) is 32.3 Å². The van der Waals surface area contributed by atoms with E-state index >= 15 is 0 Å². The number of ether oxygens (including phenoxy) is 1. The zero-order valence-corrected chi connectivity index (χ0v) is 15.4. The molecule has 0 saturated carbocycles. The Balaban J connectivity index is 1.82.